The summed E-state index contributed by atoms with van der Waals surface area (Å²) in [4.78, 5) is 9.65. The fourth-order valence-corrected chi connectivity index (χ4v) is 2.01. The summed E-state index contributed by atoms with van der Waals surface area (Å²) in [5.74, 6) is -1.49. The zero-order valence-electron chi connectivity index (χ0n) is 10.2. The summed E-state index contributed by atoms with van der Waals surface area (Å²) in [6.45, 7) is 3.73. The molecule has 4 nitrogen and oxygen atoms in total. The molecule has 1 aromatic rings. The molecule has 1 saturated carbocycles. The molecule has 0 amide bonds. The molecule has 0 spiro atoms. The van der Waals surface area contributed by atoms with Crippen LogP contribution in [0, 0.1) is 27.7 Å². The van der Waals surface area contributed by atoms with Gasteiger partial charge in [0, 0.05) is 5.54 Å². The molecule has 1 fully saturated rings. The van der Waals surface area contributed by atoms with Gasteiger partial charge in [-0.05, 0) is 32.6 Å². The van der Waals surface area contributed by atoms with Crippen LogP contribution in [0.3, 0.4) is 0 Å². The van der Waals surface area contributed by atoms with E-state index in [1.165, 1.54) is 0 Å². The number of nitrogens with one attached hydrogen (secondary N) is 1. The highest BCUT2D eigenvalue weighted by Gasteiger charge is 2.38. The van der Waals surface area contributed by atoms with Crippen molar-refractivity contribution < 1.29 is 13.7 Å². The first kappa shape index (κ1) is 12.7. The van der Waals surface area contributed by atoms with E-state index < -0.39 is 27.8 Å². The van der Waals surface area contributed by atoms with Gasteiger partial charge in [-0.1, -0.05) is 0 Å². The third-order valence-corrected chi connectivity index (χ3v) is 3.28. The Balaban J connectivity index is 2.31. The van der Waals surface area contributed by atoms with Gasteiger partial charge in [-0.2, -0.15) is 0 Å². The maximum absolute atomic E-state index is 13.7. The molecule has 0 radical (unpaired) electrons. The Kier molecular flexibility index (Phi) is 2.96. The number of anilines is 1. The van der Waals surface area contributed by atoms with Crippen molar-refractivity contribution in [3.05, 3.63) is 33.9 Å². The minimum Gasteiger partial charge on any atom is -0.375 e. The average molecular weight is 256 g/mol. The van der Waals surface area contributed by atoms with Crippen LogP contribution in [0.25, 0.3) is 0 Å². The fraction of sp³-hybridized carbons (Fsp3) is 0.500. The topological polar surface area (TPSA) is 55.2 Å². The van der Waals surface area contributed by atoms with Crippen LogP contribution in [0.1, 0.15) is 26.7 Å². The first-order valence-electron chi connectivity index (χ1n) is 5.73. The van der Waals surface area contributed by atoms with Crippen LogP contribution >= 0.6 is 0 Å². The van der Waals surface area contributed by atoms with Crippen molar-refractivity contribution in [2.75, 3.05) is 5.32 Å². The van der Waals surface area contributed by atoms with Gasteiger partial charge < -0.3 is 5.32 Å². The quantitative estimate of drug-likeness (QED) is 0.662. The molecule has 98 valence electrons. The summed E-state index contributed by atoms with van der Waals surface area (Å²) >= 11 is 0. The van der Waals surface area contributed by atoms with Crippen LogP contribution in [0.2, 0.25) is 0 Å². The molecule has 2 rings (SSSR count). The van der Waals surface area contributed by atoms with Crippen molar-refractivity contribution in [1.82, 2.24) is 0 Å². The molecule has 1 aliphatic rings. The molecule has 0 heterocycles. The molecule has 18 heavy (non-hydrogen) atoms. The third-order valence-electron chi connectivity index (χ3n) is 3.28. The molecule has 0 bridgehead atoms. The number of benzene rings is 1. The maximum atomic E-state index is 13.7. The molecule has 6 heteroatoms. The second-order valence-electron chi connectivity index (χ2n) is 5.16. The van der Waals surface area contributed by atoms with E-state index in [2.05, 4.69) is 5.32 Å². The molecule has 0 aliphatic heterocycles. The molecule has 0 saturated heterocycles. The highest BCUT2D eigenvalue weighted by atomic mass is 19.1. The van der Waals surface area contributed by atoms with E-state index in [1.807, 2.05) is 13.8 Å². The summed E-state index contributed by atoms with van der Waals surface area (Å²) in [7, 11) is 0. The summed E-state index contributed by atoms with van der Waals surface area (Å²) < 4.78 is 27.4. The summed E-state index contributed by atoms with van der Waals surface area (Å²) in [6, 6.07) is 1.46. The monoisotopic (exact) mass is 256 g/mol. The van der Waals surface area contributed by atoms with Gasteiger partial charge >= 0.3 is 0 Å². The van der Waals surface area contributed by atoms with Crippen molar-refractivity contribution in [2.24, 2.45) is 5.92 Å². The molecular weight excluding hydrogens is 242 g/mol. The molecule has 0 unspecified atom stereocenters. The number of nitrogens with zero attached hydrogens (tertiary/aromatic N) is 1. The van der Waals surface area contributed by atoms with E-state index in [0.29, 0.717) is 5.92 Å². The fourth-order valence-electron chi connectivity index (χ4n) is 2.01. The van der Waals surface area contributed by atoms with Gasteiger partial charge in [0.1, 0.15) is 5.69 Å². The van der Waals surface area contributed by atoms with Crippen molar-refractivity contribution in [3.8, 4) is 0 Å². The van der Waals surface area contributed by atoms with E-state index >= 15 is 0 Å². The normalized spacial score (nSPS) is 15.6. The highest BCUT2D eigenvalue weighted by molar-refractivity contribution is 5.53. The van der Waals surface area contributed by atoms with Gasteiger partial charge in [-0.15, -0.1) is 0 Å². The van der Waals surface area contributed by atoms with Crippen LogP contribution in [0.15, 0.2) is 12.1 Å². The minimum absolute atomic E-state index is 0.294. The van der Waals surface area contributed by atoms with Gasteiger partial charge in [0.15, 0.2) is 11.6 Å². The Morgan fingerprint density at radius 1 is 1.33 bits per heavy atom. The summed E-state index contributed by atoms with van der Waals surface area (Å²) in [5, 5.41) is 13.3. The van der Waals surface area contributed by atoms with Gasteiger partial charge in [0.05, 0.1) is 17.1 Å². The molecular formula is C12H14F2N2O2. The maximum Gasteiger partial charge on any atom is 0.275 e. The lowest BCUT2D eigenvalue weighted by molar-refractivity contribution is -0.385. The lowest BCUT2D eigenvalue weighted by atomic mass is 9.98. The lowest BCUT2D eigenvalue weighted by Crippen LogP contribution is -2.34. The van der Waals surface area contributed by atoms with Gasteiger partial charge in [-0.25, -0.2) is 8.78 Å². The number of halogens is 2. The number of rotatable bonds is 4. The summed E-state index contributed by atoms with van der Waals surface area (Å²) in [6.07, 6.45) is 2.05. The number of hydrogen-bond acceptors (Lipinski definition) is 3. The van der Waals surface area contributed by atoms with Gasteiger partial charge in [0.25, 0.3) is 5.69 Å². The van der Waals surface area contributed by atoms with E-state index in [1.54, 1.807) is 0 Å². The first-order valence-corrected chi connectivity index (χ1v) is 5.73. The Bertz CT molecular complexity index is 476. The second-order valence-corrected chi connectivity index (χ2v) is 5.16. The third kappa shape index (κ3) is 2.42. The van der Waals surface area contributed by atoms with E-state index in [4.69, 9.17) is 0 Å². The van der Waals surface area contributed by atoms with Gasteiger partial charge in [-0.3, -0.25) is 10.1 Å². The zero-order chi connectivity index (χ0) is 13.5. The highest BCUT2D eigenvalue weighted by Crippen LogP contribution is 2.42. The van der Waals surface area contributed by atoms with Crippen molar-refractivity contribution in [3.63, 3.8) is 0 Å². The van der Waals surface area contributed by atoms with Crippen LogP contribution in [-0.4, -0.2) is 10.5 Å². The zero-order valence-corrected chi connectivity index (χ0v) is 10.2. The Labute approximate surface area is 103 Å². The molecule has 1 N–H and O–H groups in total. The van der Waals surface area contributed by atoms with Gasteiger partial charge in [0.2, 0.25) is 0 Å². The molecule has 1 aromatic carbocycles. The standard InChI is InChI=1S/C12H14F2N2O2/c1-12(2,7-3-4-7)15-11-9(13)5-8(16(17)18)6-10(11)14/h5-7,15H,3-4H2,1-2H3. The van der Waals surface area contributed by atoms with Crippen molar-refractivity contribution in [2.45, 2.75) is 32.2 Å². The van der Waals surface area contributed by atoms with E-state index in [9.17, 15) is 18.9 Å². The Morgan fingerprint density at radius 3 is 2.22 bits per heavy atom. The van der Waals surface area contributed by atoms with E-state index in [0.717, 1.165) is 25.0 Å². The van der Waals surface area contributed by atoms with Crippen LogP contribution < -0.4 is 5.32 Å². The number of non-ortho nitro benzene ring substituents is 1. The minimum atomic E-state index is -0.935. The predicted molar refractivity (Wildman–Crippen MR) is 63.4 cm³/mol. The summed E-state index contributed by atoms with van der Waals surface area (Å²) in [5.41, 5.74) is -1.30. The number of nitro benzene ring substituents is 1. The number of hydrogen-bond donors (Lipinski definition) is 1. The Morgan fingerprint density at radius 2 is 1.83 bits per heavy atom. The van der Waals surface area contributed by atoms with Crippen LogP contribution in [0.5, 0.6) is 0 Å². The van der Waals surface area contributed by atoms with Crippen molar-refractivity contribution in [1.29, 1.82) is 0 Å². The van der Waals surface area contributed by atoms with Crippen molar-refractivity contribution >= 4 is 11.4 Å². The van der Waals surface area contributed by atoms with Crippen LogP contribution in [0.4, 0.5) is 20.2 Å². The molecule has 0 aromatic heterocycles. The SMILES string of the molecule is CC(C)(Nc1c(F)cc([N+](=O)[O-])cc1F)C1CC1. The van der Waals surface area contributed by atoms with Crippen LogP contribution in [-0.2, 0) is 0 Å². The smallest absolute Gasteiger partial charge is 0.275 e. The lowest BCUT2D eigenvalue weighted by Gasteiger charge is -2.27. The molecule has 0 atom stereocenters. The molecule has 1 aliphatic carbocycles. The second kappa shape index (κ2) is 4.19. The Hall–Kier alpha value is -1.72. The predicted octanol–water partition coefficient (Wildman–Crippen LogP) is 3.47. The average Bonchev–Trinajstić information content (AvgIpc) is 3.06. The largest absolute Gasteiger partial charge is 0.375 e. The van der Waals surface area contributed by atoms with E-state index in [-0.39, 0.29) is 5.69 Å². The number of nitro groups is 1. The first-order chi connectivity index (χ1) is 8.31.